The van der Waals surface area contributed by atoms with Gasteiger partial charge in [0.2, 0.25) is 5.95 Å². The zero-order valence-electron chi connectivity index (χ0n) is 20.1. The van der Waals surface area contributed by atoms with E-state index in [2.05, 4.69) is 56.0 Å². The van der Waals surface area contributed by atoms with Gasteiger partial charge >= 0.3 is 0 Å². The highest BCUT2D eigenvalue weighted by molar-refractivity contribution is 5.98. The van der Waals surface area contributed by atoms with Crippen LogP contribution in [0.3, 0.4) is 0 Å². The van der Waals surface area contributed by atoms with Crippen LogP contribution in [0.15, 0.2) is 30.1 Å². The summed E-state index contributed by atoms with van der Waals surface area (Å²) in [6.07, 6.45) is 20.1. The van der Waals surface area contributed by atoms with Crippen molar-refractivity contribution in [2.24, 2.45) is 5.92 Å². The Morgan fingerprint density at radius 3 is 2.67 bits per heavy atom. The van der Waals surface area contributed by atoms with E-state index in [1.54, 1.807) is 6.20 Å². The fourth-order valence-electron chi connectivity index (χ4n) is 4.98. The normalized spacial score (nSPS) is 19.8. The van der Waals surface area contributed by atoms with Gasteiger partial charge in [-0.1, -0.05) is 38.3 Å². The maximum atomic E-state index is 13.1. The number of carbonyl (C=O) groups excluding carboxylic acids is 1. The number of nitrogens with zero attached hydrogens (tertiary/aromatic N) is 3. The highest BCUT2D eigenvalue weighted by atomic mass is 16.1. The van der Waals surface area contributed by atoms with Gasteiger partial charge in [0.25, 0.3) is 5.91 Å². The minimum Gasteiger partial charge on any atom is -0.372 e. The van der Waals surface area contributed by atoms with Gasteiger partial charge < -0.3 is 20.9 Å². The van der Waals surface area contributed by atoms with Crippen LogP contribution in [0.4, 0.5) is 11.8 Å². The number of hydrogen-bond donors (Lipinski definition) is 3. The minimum absolute atomic E-state index is 0.0734. The predicted octanol–water partition coefficient (Wildman–Crippen LogP) is 4.72. The molecule has 0 unspecified atom stereocenters. The number of likely N-dealkylation sites (tertiary alicyclic amines) is 1. The number of allylic oxidation sites excluding steroid dienone is 3. The molecule has 0 radical (unpaired) electrons. The Kier molecular flexibility index (Phi) is 8.61. The molecule has 1 aromatic heterocycles. The van der Waals surface area contributed by atoms with Gasteiger partial charge in [0, 0.05) is 44.1 Å². The van der Waals surface area contributed by atoms with Gasteiger partial charge in [-0.15, -0.1) is 0 Å². The van der Waals surface area contributed by atoms with Crippen molar-refractivity contribution in [2.45, 2.75) is 77.2 Å². The number of carbonyl (C=O) groups is 1. The summed E-state index contributed by atoms with van der Waals surface area (Å²) in [6, 6.07) is 0.381. The molecule has 180 valence electrons. The van der Waals surface area contributed by atoms with Gasteiger partial charge in [0.15, 0.2) is 0 Å². The van der Waals surface area contributed by atoms with E-state index in [0.29, 0.717) is 35.8 Å². The van der Waals surface area contributed by atoms with Crippen LogP contribution < -0.4 is 16.0 Å². The zero-order valence-corrected chi connectivity index (χ0v) is 20.1. The maximum absolute atomic E-state index is 13.1. The van der Waals surface area contributed by atoms with Gasteiger partial charge in [-0.2, -0.15) is 4.98 Å². The topological polar surface area (TPSA) is 82.2 Å². The molecule has 2 aliphatic carbocycles. The number of hydrogen-bond acceptors (Lipinski definition) is 6. The predicted molar refractivity (Wildman–Crippen MR) is 134 cm³/mol. The van der Waals surface area contributed by atoms with Crippen LogP contribution in [-0.4, -0.2) is 53.0 Å². The third kappa shape index (κ3) is 6.71. The first kappa shape index (κ1) is 23.6. The Hall–Kier alpha value is -2.57. The number of rotatable bonds is 9. The largest absolute Gasteiger partial charge is 0.372 e. The lowest BCUT2D eigenvalue weighted by molar-refractivity contribution is 0.0939. The second-order valence-electron chi connectivity index (χ2n) is 9.61. The molecule has 2 fully saturated rings. The summed E-state index contributed by atoms with van der Waals surface area (Å²) in [6.45, 7) is 5.77. The third-order valence-corrected chi connectivity index (χ3v) is 7.02. The minimum atomic E-state index is -0.0734. The van der Waals surface area contributed by atoms with Crippen LogP contribution in [0.5, 0.6) is 0 Å². The number of piperidine rings is 1. The Morgan fingerprint density at radius 1 is 1.12 bits per heavy atom. The van der Waals surface area contributed by atoms with Crippen molar-refractivity contribution in [2.75, 3.05) is 36.8 Å². The third-order valence-electron chi connectivity index (χ3n) is 7.02. The lowest BCUT2D eigenvalue weighted by Crippen LogP contribution is -2.38. The van der Waals surface area contributed by atoms with Crippen LogP contribution in [0.2, 0.25) is 0 Å². The number of aromatic nitrogens is 2. The molecule has 4 rings (SSSR count). The lowest BCUT2D eigenvalue weighted by atomic mass is 9.95. The van der Waals surface area contributed by atoms with Gasteiger partial charge in [0.1, 0.15) is 11.4 Å². The Labute approximate surface area is 198 Å². The first-order valence-corrected chi connectivity index (χ1v) is 13.0. The molecule has 1 saturated carbocycles. The number of nitrogens with one attached hydrogen (secondary N) is 3. The molecule has 7 heteroatoms. The van der Waals surface area contributed by atoms with Gasteiger partial charge in [-0.25, -0.2) is 4.98 Å². The molecule has 3 N–H and O–H groups in total. The molecule has 1 amide bonds. The SMILES string of the molecule is CCCNc1ncc(C(=O)NCC2CCN(C3=CCCC=C3)CC2)c(NC2CCCCC2)n1. The number of amides is 1. The molecule has 2 heterocycles. The summed E-state index contributed by atoms with van der Waals surface area (Å²) in [5.74, 6) is 1.69. The Balaban J connectivity index is 1.33. The average molecular weight is 453 g/mol. The molecule has 7 nitrogen and oxygen atoms in total. The van der Waals surface area contributed by atoms with Crippen molar-refractivity contribution in [3.63, 3.8) is 0 Å². The first-order valence-electron chi connectivity index (χ1n) is 13.0. The highest BCUT2D eigenvalue weighted by Gasteiger charge is 2.23. The first-order chi connectivity index (χ1) is 16.2. The van der Waals surface area contributed by atoms with E-state index < -0.39 is 0 Å². The van der Waals surface area contributed by atoms with E-state index in [1.807, 2.05) is 0 Å². The summed E-state index contributed by atoms with van der Waals surface area (Å²) >= 11 is 0. The van der Waals surface area contributed by atoms with E-state index in [9.17, 15) is 4.79 Å². The molecule has 1 aromatic rings. The Bertz CT molecular complexity index is 837. The average Bonchev–Trinajstić information content (AvgIpc) is 2.87. The van der Waals surface area contributed by atoms with Crippen LogP contribution in [-0.2, 0) is 0 Å². The van der Waals surface area contributed by atoms with E-state index in [-0.39, 0.29) is 5.91 Å². The van der Waals surface area contributed by atoms with Crippen molar-refractivity contribution in [1.29, 1.82) is 0 Å². The van der Waals surface area contributed by atoms with Gasteiger partial charge in [0.05, 0.1) is 0 Å². The summed E-state index contributed by atoms with van der Waals surface area (Å²) in [4.78, 5) is 24.7. The van der Waals surface area contributed by atoms with Gasteiger partial charge in [-0.05, 0) is 56.9 Å². The quantitative estimate of drug-likeness (QED) is 0.503. The summed E-state index contributed by atoms with van der Waals surface area (Å²) in [7, 11) is 0. The van der Waals surface area contributed by atoms with E-state index in [1.165, 1.54) is 25.0 Å². The van der Waals surface area contributed by atoms with Crippen LogP contribution >= 0.6 is 0 Å². The smallest absolute Gasteiger partial charge is 0.256 e. The molecule has 3 aliphatic rings. The molecule has 1 aliphatic heterocycles. The van der Waals surface area contributed by atoms with Crippen LogP contribution in [0.1, 0.15) is 81.5 Å². The second kappa shape index (κ2) is 12.1. The van der Waals surface area contributed by atoms with Crippen LogP contribution in [0.25, 0.3) is 0 Å². The lowest BCUT2D eigenvalue weighted by Gasteiger charge is -2.35. The van der Waals surface area contributed by atoms with Crippen molar-refractivity contribution in [3.8, 4) is 0 Å². The molecule has 0 aromatic carbocycles. The molecule has 0 bridgehead atoms. The Morgan fingerprint density at radius 2 is 1.94 bits per heavy atom. The fraction of sp³-hybridized carbons (Fsp3) is 0.654. The second-order valence-corrected chi connectivity index (χ2v) is 9.61. The molecule has 33 heavy (non-hydrogen) atoms. The van der Waals surface area contributed by atoms with Crippen LogP contribution in [0, 0.1) is 5.92 Å². The van der Waals surface area contributed by atoms with Gasteiger partial charge in [-0.3, -0.25) is 4.79 Å². The molecule has 0 spiro atoms. The van der Waals surface area contributed by atoms with E-state index >= 15 is 0 Å². The highest BCUT2D eigenvalue weighted by Crippen LogP contribution is 2.25. The molecule has 0 atom stereocenters. The fourth-order valence-corrected chi connectivity index (χ4v) is 4.98. The zero-order chi connectivity index (χ0) is 22.9. The molecular formula is C26H40N6O. The van der Waals surface area contributed by atoms with Crippen molar-refractivity contribution < 1.29 is 4.79 Å². The summed E-state index contributed by atoms with van der Waals surface area (Å²) in [5.41, 5.74) is 1.92. The summed E-state index contributed by atoms with van der Waals surface area (Å²) in [5, 5.41) is 9.98. The van der Waals surface area contributed by atoms with Crippen molar-refractivity contribution in [1.82, 2.24) is 20.2 Å². The molecule has 1 saturated heterocycles. The standard InChI is InChI=1S/C26H40N6O/c1-2-15-27-26-29-19-23(24(31-26)30-21-9-5-3-6-10-21)25(33)28-18-20-13-16-32(17-14-20)22-11-7-4-8-12-22/h7,11-12,19-21H,2-6,8-10,13-18H2,1H3,(H,28,33)(H2,27,29,30,31). The maximum Gasteiger partial charge on any atom is 0.256 e. The monoisotopic (exact) mass is 452 g/mol. The number of anilines is 2. The van der Waals surface area contributed by atoms with E-state index in [0.717, 1.165) is 64.6 Å². The molecular weight excluding hydrogens is 412 g/mol. The van der Waals surface area contributed by atoms with Crippen molar-refractivity contribution >= 4 is 17.7 Å². The summed E-state index contributed by atoms with van der Waals surface area (Å²) < 4.78 is 0. The van der Waals surface area contributed by atoms with Crippen molar-refractivity contribution in [3.05, 3.63) is 35.7 Å². The van der Waals surface area contributed by atoms with E-state index in [4.69, 9.17) is 0 Å².